The zero-order chi connectivity index (χ0) is 16.6. The van der Waals surface area contributed by atoms with Crippen LogP contribution in [0.3, 0.4) is 0 Å². The average Bonchev–Trinajstić information content (AvgIpc) is 2.82. The van der Waals surface area contributed by atoms with E-state index in [1.54, 1.807) is 6.92 Å². The molecular formula is C16H18F3N3O. The van der Waals surface area contributed by atoms with Crippen LogP contribution in [0.4, 0.5) is 13.2 Å². The highest BCUT2D eigenvalue weighted by molar-refractivity contribution is 5.94. The molecule has 0 radical (unpaired) electrons. The Kier molecular flexibility index (Phi) is 4.04. The van der Waals surface area contributed by atoms with E-state index in [9.17, 15) is 18.0 Å². The standard InChI is InChI=1S/C16H18F3N3O/c1-10-14(15(23)21-12-5-3-2-4-6-12)22-9-11(16(17,18)19)7-8-13(22)20-10/h7-9,12H,2-6H2,1H3,(H,21,23). The Labute approximate surface area is 131 Å². The highest BCUT2D eigenvalue weighted by Crippen LogP contribution is 2.30. The molecule has 0 saturated heterocycles. The van der Waals surface area contributed by atoms with Crippen LogP contribution in [0.15, 0.2) is 18.3 Å². The van der Waals surface area contributed by atoms with Crippen molar-refractivity contribution in [2.45, 2.75) is 51.2 Å². The lowest BCUT2D eigenvalue weighted by Crippen LogP contribution is -2.37. The maximum atomic E-state index is 12.9. The van der Waals surface area contributed by atoms with Crippen LogP contribution in [0, 0.1) is 6.92 Å². The van der Waals surface area contributed by atoms with Gasteiger partial charge in [-0.2, -0.15) is 13.2 Å². The summed E-state index contributed by atoms with van der Waals surface area (Å²) in [6.45, 7) is 1.63. The number of halogens is 3. The van der Waals surface area contributed by atoms with Crippen molar-refractivity contribution in [3.63, 3.8) is 0 Å². The van der Waals surface area contributed by atoms with Crippen molar-refractivity contribution in [3.05, 3.63) is 35.3 Å². The molecule has 7 heteroatoms. The molecule has 0 unspecified atom stereocenters. The second kappa shape index (κ2) is 5.86. The zero-order valence-corrected chi connectivity index (χ0v) is 12.8. The molecule has 1 aliphatic rings. The molecule has 1 N–H and O–H groups in total. The van der Waals surface area contributed by atoms with Gasteiger partial charge >= 0.3 is 6.18 Å². The van der Waals surface area contributed by atoms with E-state index in [0.717, 1.165) is 44.4 Å². The summed E-state index contributed by atoms with van der Waals surface area (Å²) in [6, 6.07) is 2.35. The van der Waals surface area contributed by atoms with Gasteiger partial charge < -0.3 is 5.32 Å². The lowest BCUT2D eigenvalue weighted by molar-refractivity contribution is -0.137. The van der Waals surface area contributed by atoms with Crippen LogP contribution in [0.1, 0.15) is 53.8 Å². The summed E-state index contributed by atoms with van der Waals surface area (Å²) < 4.78 is 39.9. The number of rotatable bonds is 2. The van der Waals surface area contributed by atoms with Gasteiger partial charge in [-0.25, -0.2) is 4.98 Å². The van der Waals surface area contributed by atoms with Crippen molar-refractivity contribution in [1.82, 2.24) is 14.7 Å². The number of nitrogens with zero attached hydrogens (tertiary/aromatic N) is 2. The van der Waals surface area contributed by atoms with Crippen LogP contribution >= 0.6 is 0 Å². The number of carbonyl (C=O) groups is 1. The third-order valence-corrected chi connectivity index (χ3v) is 4.28. The van der Waals surface area contributed by atoms with Crippen LogP contribution in [0.5, 0.6) is 0 Å². The highest BCUT2D eigenvalue weighted by atomic mass is 19.4. The molecule has 1 amide bonds. The van der Waals surface area contributed by atoms with Gasteiger partial charge in [0.05, 0.1) is 11.3 Å². The van der Waals surface area contributed by atoms with Crippen LogP contribution in [-0.2, 0) is 6.18 Å². The Hall–Kier alpha value is -2.05. The minimum absolute atomic E-state index is 0.0898. The maximum absolute atomic E-state index is 12.9. The number of hydrogen-bond acceptors (Lipinski definition) is 2. The normalized spacial score (nSPS) is 16.7. The van der Waals surface area contributed by atoms with Gasteiger partial charge in [0.1, 0.15) is 11.3 Å². The van der Waals surface area contributed by atoms with Crippen LogP contribution in [0.2, 0.25) is 0 Å². The quantitative estimate of drug-likeness (QED) is 0.914. The molecule has 0 aromatic carbocycles. The van der Waals surface area contributed by atoms with Crippen molar-refractivity contribution in [2.75, 3.05) is 0 Å². The number of amides is 1. The highest BCUT2D eigenvalue weighted by Gasteiger charge is 2.32. The summed E-state index contributed by atoms with van der Waals surface area (Å²) in [5, 5.41) is 2.93. The van der Waals surface area contributed by atoms with E-state index in [2.05, 4.69) is 10.3 Å². The van der Waals surface area contributed by atoms with Crippen molar-refractivity contribution in [3.8, 4) is 0 Å². The Bertz CT molecular complexity index is 730. The fraction of sp³-hybridized carbons (Fsp3) is 0.500. The van der Waals surface area contributed by atoms with E-state index in [0.29, 0.717) is 11.3 Å². The Balaban J connectivity index is 1.95. The van der Waals surface area contributed by atoms with Gasteiger partial charge in [0.2, 0.25) is 0 Å². The fourth-order valence-corrected chi connectivity index (χ4v) is 3.10. The average molecular weight is 325 g/mol. The van der Waals surface area contributed by atoms with Gasteiger partial charge in [0, 0.05) is 12.2 Å². The zero-order valence-electron chi connectivity index (χ0n) is 12.8. The monoisotopic (exact) mass is 325 g/mol. The molecule has 23 heavy (non-hydrogen) atoms. The second-order valence-corrected chi connectivity index (χ2v) is 6.00. The van der Waals surface area contributed by atoms with E-state index >= 15 is 0 Å². The molecule has 2 heterocycles. The Morgan fingerprint density at radius 2 is 1.96 bits per heavy atom. The molecule has 0 spiro atoms. The minimum Gasteiger partial charge on any atom is -0.348 e. The van der Waals surface area contributed by atoms with Gasteiger partial charge in [0.25, 0.3) is 5.91 Å². The first-order chi connectivity index (χ1) is 10.9. The molecule has 0 aliphatic heterocycles. The number of alkyl halides is 3. The van der Waals surface area contributed by atoms with E-state index in [4.69, 9.17) is 0 Å². The predicted octanol–water partition coefficient (Wildman–Crippen LogP) is 3.72. The van der Waals surface area contributed by atoms with E-state index < -0.39 is 11.7 Å². The predicted molar refractivity (Wildman–Crippen MR) is 79.3 cm³/mol. The summed E-state index contributed by atoms with van der Waals surface area (Å²) in [4.78, 5) is 16.7. The van der Waals surface area contributed by atoms with Gasteiger partial charge in [-0.05, 0) is 31.9 Å². The topological polar surface area (TPSA) is 46.4 Å². The number of carbonyl (C=O) groups excluding carboxylic acids is 1. The smallest absolute Gasteiger partial charge is 0.348 e. The molecule has 2 aromatic heterocycles. The number of pyridine rings is 1. The number of aromatic nitrogens is 2. The van der Waals surface area contributed by atoms with Crippen molar-refractivity contribution in [1.29, 1.82) is 0 Å². The molecule has 1 saturated carbocycles. The summed E-state index contributed by atoms with van der Waals surface area (Å²) in [5.41, 5.74) is 0.146. The summed E-state index contributed by atoms with van der Waals surface area (Å²) in [7, 11) is 0. The van der Waals surface area contributed by atoms with Crippen molar-refractivity contribution < 1.29 is 18.0 Å². The maximum Gasteiger partial charge on any atom is 0.417 e. The molecule has 1 aliphatic carbocycles. The minimum atomic E-state index is -4.45. The third kappa shape index (κ3) is 3.18. The SMILES string of the molecule is Cc1nc2ccc(C(F)(F)F)cn2c1C(=O)NC1CCCCC1. The first kappa shape index (κ1) is 15.8. The second-order valence-electron chi connectivity index (χ2n) is 6.00. The van der Waals surface area contributed by atoms with E-state index in [-0.39, 0.29) is 17.6 Å². The largest absolute Gasteiger partial charge is 0.417 e. The fourth-order valence-electron chi connectivity index (χ4n) is 3.10. The first-order valence-electron chi connectivity index (χ1n) is 7.73. The summed E-state index contributed by atoms with van der Waals surface area (Å²) in [5.74, 6) is -0.360. The number of hydrogen-bond donors (Lipinski definition) is 1. The molecule has 2 aromatic rings. The summed E-state index contributed by atoms with van der Waals surface area (Å²) in [6.07, 6.45) is 1.60. The van der Waals surface area contributed by atoms with Crippen molar-refractivity contribution >= 4 is 11.6 Å². The molecular weight excluding hydrogens is 307 g/mol. The Morgan fingerprint density at radius 1 is 1.26 bits per heavy atom. The van der Waals surface area contributed by atoms with Crippen LogP contribution in [-0.4, -0.2) is 21.3 Å². The van der Waals surface area contributed by atoms with Crippen LogP contribution < -0.4 is 5.32 Å². The van der Waals surface area contributed by atoms with Gasteiger partial charge in [0.15, 0.2) is 0 Å². The Morgan fingerprint density at radius 3 is 2.61 bits per heavy atom. The molecule has 0 bridgehead atoms. The van der Waals surface area contributed by atoms with Crippen LogP contribution in [0.25, 0.3) is 5.65 Å². The third-order valence-electron chi connectivity index (χ3n) is 4.28. The number of nitrogens with one attached hydrogen (secondary N) is 1. The van der Waals surface area contributed by atoms with Crippen molar-refractivity contribution in [2.24, 2.45) is 0 Å². The van der Waals surface area contributed by atoms with E-state index in [1.165, 1.54) is 10.5 Å². The number of imidazole rings is 1. The van der Waals surface area contributed by atoms with Gasteiger partial charge in [-0.15, -0.1) is 0 Å². The lowest BCUT2D eigenvalue weighted by atomic mass is 9.95. The molecule has 3 rings (SSSR count). The lowest BCUT2D eigenvalue weighted by Gasteiger charge is -2.22. The molecule has 0 atom stereocenters. The number of aryl methyl sites for hydroxylation is 1. The molecule has 1 fully saturated rings. The molecule has 4 nitrogen and oxygen atoms in total. The molecule has 124 valence electrons. The van der Waals surface area contributed by atoms with Gasteiger partial charge in [-0.1, -0.05) is 19.3 Å². The first-order valence-corrected chi connectivity index (χ1v) is 7.73. The van der Waals surface area contributed by atoms with E-state index in [1.807, 2.05) is 0 Å². The van der Waals surface area contributed by atoms with Gasteiger partial charge in [-0.3, -0.25) is 9.20 Å². The number of fused-ring (bicyclic) bond motifs is 1. The summed E-state index contributed by atoms with van der Waals surface area (Å²) >= 11 is 0.